The Balaban J connectivity index is 1.67. The average Bonchev–Trinajstić information content (AvgIpc) is 2.74. The Labute approximate surface area is 181 Å². The van der Waals surface area contributed by atoms with Gasteiger partial charge in [0.05, 0.1) is 15.5 Å². The number of nitrogens with zero attached hydrogens (tertiary/aromatic N) is 3. The number of benzene rings is 1. The number of rotatable bonds is 5. The van der Waals surface area contributed by atoms with E-state index in [2.05, 4.69) is 18.8 Å². The fourth-order valence-electron chi connectivity index (χ4n) is 3.21. The van der Waals surface area contributed by atoms with Gasteiger partial charge in [-0.25, -0.2) is 13.4 Å². The highest BCUT2D eigenvalue weighted by molar-refractivity contribution is 7.89. The first-order chi connectivity index (χ1) is 13.7. The zero-order valence-electron chi connectivity index (χ0n) is 16.3. The van der Waals surface area contributed by atoms with Crippen LogP contribution in [0.3, 0.4) is 0 Å². The zero-order chi connectivity index (χ0) is 21.2. The summed E-state index contributed by atoms with van der Waals surface area (Å²) in [6.07, 6.45) is 2.37. The quantitative estimate of drug-likeness (QED) is 0.637. The highest BCUT2D eigenvalue weighted by atomic mass is 35.5. The van der Waals surface area contributed by atoms with Crippen LogP contribution < -0.4 is 0 Å². The molecular weight excluding hydrogens is 433 g/mol. The van der Waals surface area contributed by atoms with E-state index in [1.807, 2.05) is 12.1 Å². The molecule has 2 aromatic rings. The molecule has 0 bridgehead atoms. The molecule has 0 spiro atoms. The first-order valence-electron chi connectivity index (χ1n) is 9.44. The van der Waals surface area contributed by atoms with Gasteiger partial charge in [-0.1, -0.05) is 49.2 Å². The van der Waals surface area contributed by atoms with Gasteiger partial charge in [0.1, 0.15) is 5.15 Å². The van der Waals surface area contributed by atoms with Crippen molar-refractivity contribution < 1.29 is 13.2 Å². The molecule has 0 N–H and O–H groups in total. The van der Waals surface area contributed by atoms with Crippen LogP contribution in [0.1, 0.15) is 42.1 Å². The number of sulfonamides is 1. The second-order valence-corrected chi connectivity index (χ2v) is 9.77. The lowest BCUT2D eigenvalue weighted by Crippen LogP contribution is -2.50. The summed E-state index contributed by atoms with van der Waals surface area (Å²) in [7, 11) is -3.59. The molecule has 1 aromatic heterocycles. The highest BCUT2D eigenvalue weighted by Gasteiger charge is 2.30. The second-order valence-electron chi connectivity index (χ2n) is 7.07. The first kappa shape index (κ1) is 22.0. The molecule has 1 aliphatic rings. The Hall–Kier alpha value is -1.67. The van der Waals surface area contributed by atoms with E-state index >= 15 is 0 Å². The zero-order valence-corrected chi connectivity index (χ0v) is 18.6. The lowest BCUT2D eigenvalue weighted by atomic mass is 9.99. The molecule has 2 heterocycles. The van der Waals surface area contributed by atoms with Crippen molar-refractivity contribution >= 4 is 39.1 Å². The minimum Gasteiger partial charge on any atom is -0.336 e. The molecule has 1 aliphatic heterocycles. The van der Waals surface area contributed by atoms with E-state index < -0.39 is 10.0 Å². The minimum absolute atomic E-state index is 0.137. The molecule has 0 radical (unpaired) electrons. The molecule has 9 heteroatoms. The maximum Gasteiger partial charge on any atom is 0.255 e. The third kappa shape index (κ3) is 4.74. The van der Waals surface area contributed by atoms with Gasteiger partial charge < -0.3 is 4.90 Å². The molecule has 1 atom stereocenters. The molecule has 0 saturated carbocycles. The Morgan fingerprint density at radius 3 is 2.31 bits per heavy atom. The van der Waals surface area contributed by atoms with Crippen molar-refractivity contribution in [3.8, 4) is 0 Å². The van der Waals surface area contributed by atoms with Gasteiger partial charge in [-0.15, -0.1) is 0 Å². The standard InChI is InChI=1S/C20H23Cl2N3O3S/c1-3-14(2)15-4-6-17(7-5-15)29(27,28)25-10-8-24(9-11-25)20(26)16-12-18(21)19(22)23-13-16/h4-7,12-14H,3,8-11H2,1-2H3. The van der Waals surface area contributed by atoms with E-state index in [0.29, 0.717) is 24.6 Å². The third-order valence-corrected chi connectivity index (χ3v) is 7.87. The van der Waals surface area contributed by atoms with Crippen LogP contribution in [0.2, 0.25) is 10.2 Å². The number of amides is 1. The van der Waals surface area contributed by atoms with Crippen LogP contribution in [-0.4, -0.2) is 54.7 Å². The van der Waals surface area contributed by atoms with Crippen molar-refractivity contribution in [1.29, 1.82) is 0 Å². The van der Waals surface area contributed by atoms with Crippen LogP contribution in [0, 0.1) is 0 Å². The fourth-order valence-corrected chi connectivity index (χ4v) is 4.90. The normalized spacial score (nSPS) is 16.6. The molecule has 6 nitrogen and oxygen atoms in total. The maximum absolute atomic E-state index is 12.9. The van der Waals surface area contributed by atoms with E-state index in [0.717, 1.165) is 12.0 Å². The summed E-state index contributed by atoms with van der Waals surface area (Å²) in [4.78, 5) is 18.4. The molecule has 156 valence electrons. The van der Waals surface area contributed by atoms with Gasteiger partial charge in [-0.05, 0) is 36.1 Å². The Morgan fingerprint density at radius 2 is 1.76 bits per heavy atom. The molecular formula is C20H23Cl2N3O3S. The van der Waals surface area contributed by atoms with Crippen LogP contribution in [0.25, 0.3) is 0 Å². The van der Waals surface area contributed by atoms with Gasteiger partial charge in [0.15, 0.2) is 0 Å². The van der Waals surface area contributed by atoms with E-state index in [-0.39, 0.29) is 34.1 Å². The Bertz CT molecular complexity index is 989. The predicted octanol–water partition coefficient (Wildman–Crippen LogP) is 4.05. The van der Waals surface area contributed by atoms with Crippen molar-refractivity contribution in [1.82, 2.24) is 14.2 Å². The van der Waals surface area contributed by atoms with Gasteiger partial charge >= 0.3 is 0 Å². The highest BCUT2D eigenvalue weighted by Crippen LogP contribution is 2.24. The number of hydrogen-bond acceptors (Lipinski definition) is 4. The number of halogens is 2. The average molecular weight is 456 g/mol. The summed E-state index contributed by atoms with van der Waals surface area (Å²) in [5.41, 5.74) is 1.45. The van der Waals surface area contributed by atoms with Gasteiger partial charge in [0.25, 0.3) is 5.91 Å². The molecule has 3 rings (SSSR count). The van der Waals surface area contributed by atoms with Crippen LogP contribution in [0.5, 0.6) is 0 Å². The van der Waals surface area contributed by atoms with Gasteiger partial charge in [0, 0.05) is 32.4 Å². The Kier molecular flexibility index (Phi) is 6.83. The van der Waals surface area contributed by atoms with Gasteiger partial charge in [-0.2, -0.15) is 4.31 Å². The number of piperazine rings is 1. The summed E-state index contributed by atoms with van der Waals surface area (Å²) in [6.45, 7) is 5.27. The van der Waals surface area contributed by atoms with Crippen LogP contribution >= 0.6 is 23.2 Å². The van der Waals surface area contributed by atoms with Crippen molar-refractivity contribution in [2.24, 2.45) is 0 Å². The minimum atomic E-state index is -3.59. The number of carbonyl (C=O) groups excluding carboxylic acids is 1. The van der Waals surface area contributed by atoms with Crippen LogP contribution in [-0.2, 0) is 10.0 Å². The predicted molar refractivity (Wildman–Crippen MR) is 114 cm³/mol. The van der Waals surface area contributed by atoms with Gasteiger partial charge in [0.2, 0.25) is 10.0 Å². The number of carbonyl (C=O) groups is 1. The molecule has 0 aliphatic carbocycles. The summed E-state index contributed by atoms with van der Waals surface area (Å²) in [5, 5.41) is 0.345. The molecule has 29 heavy (non-hydrogen) atoms. The summed E-state index contributed by atoms with van der Waals surface area (Å²) in [6, 6.07) is 8.54. The second kappa shape index (κ2) is 9.00. The lowest BCUT2D eigenvalue weighted by molar-refractivity contribution is 0.0697. The van der Waals surface area contributed by atoms with E-state index in [9.17, 15) is 13.2 Å². The maximum atomic E-state index is 12.9. The van der Waals surface area contributed by atoms with E-state index in [4.69, 9.17) is 23.2 Å². The first-order valence-corrected chi connectivity index (χ1v) is 11.6. The van der Waals surface area contributed by atoms with Crippen molar-refractivity contribution in [3.63, 3.8) is 0 Å². The summed E-state index contributed by atoms with van der Waals surface area (Å²) < 4.78 is 27.3. The van der Waals surface area contributed by atoms with Crippen LogP contribution in [0.4, 0.5) is 0 Å². The molecule has 1 fully saturated rings. The SMILES string of the molecule is CCC(C)c1ccc(S(=O)(=O)N2CCN(C(=O)c3cnc(Cl)c(Cl)c3)CC2)cc1. The summed E-state index contributed by atoms with van der Waals surface area (Å²) in [5.74, 6) is 0.142. The molecule has 1 unspecified atom stereocenters. The van der Waals surface area contributed by atoms with Crippen LogP contribution in [0.15, 0.2) is 41.4 Å². The topological polar surface area (TPSA) is 70.6 Å². The molecule has 1 amide bonds. The lowest BCUT2D eigenvalue weighted by Gasteiger charge is -2.34. The molecule has 1 saturated heterocycles. The third-order valence-electron chi connectivity index (χ3n) is 5.27. The fraction of sp³-hybridized carbons (Fsp3) is 0.400. The Morgan fingerprint density at radius 1 is 1.14 bits per heavy atom. The smallest absolute Gasteiger partial charge is 0.255 e. The summed E-state index contributed by atoms with van der Waals surface area (Å²) >= 11 is 11.7. The van der Waals surface area contributed by atoms with E-state index in [1.54, 1.807) is 17.0 Å². The van der Waals surface area contributed by atoms with Crippen molar-refractivity contribution in [2.75, 3.05) is 26.2 Å². The number of aromatic nitrogens is 1. The number of pyridine rings is 1. The van der Waals surface area contributed by atoms with Gasteiger partial charge in [-0.3, -0.25) is 4.79 Å². The monoisotopic (exact) mass is 455 g/mol. The molecule has 1 aromatic carbocycles. The number of hydrogen-bond donors (Lipinski definition) is 0. The largest absolute Gasteiger partial charge is 0.336 e. The van der Waals surface area contributed by atoms with Crippen molar-refractivity contribution in [2.45, 2.75) is 31.1 Å². The van der Waals surface area contributed by atoms with E-state index in [1.165, 1.54) is 16.6 Å². The van der Waals surface area contributed by atoms with Crippen molar-refractivity contribution in [3.05, 3.63) is 57.8 Å².